The van der Waals surface area contributed by atoms with E-state index in [2.05, 4.69) is 55.4 Å². The van der Waals surface area contributed by atoms with Crippen LogP contribution in [0.4, 0.5) is 5.82 Å². The topological polar surface area (TPSA) is 55.1 Å². The van der Waals surface area contributed by atoms with Crippen LogP contribution < -0.4 is 5.32 Å². The van der Waals surface area contributed by atoms with Gasteiger partial charge in [-0.15, -0.1) is 0 Å². The van der Waals surface area contributed by atoms with Crippen molar-refractivity contribution < 1.29 is 0 Å². The number of anilines is 1. The minimum atomic E-state index is 0.644. The van der Waals surface area contributed by atoms with Crippen molar-refractivity contribution in [1.82, 2.24) is 19.4 Å². The van der Waals surface area contributed by atoms with Gasteiger partial charge in [0.05, 0.1) is 18.4 Å². The Morgan fingerprint density at radius 3 is 3.05 bits per heavy atom. The zero-order chi connectivity index (χ0) is 13.4. The SMILES string of the molecule is [c]1cc(NCc2cn3cc(C4CC4)ccc3n2)ncn1. The molecule has 0 amide bonds. The molecule has 0 spiro atoms. The van der Waals surface area contributed by atoms with E-state index in [0.717, 1.165) is 23.1 Å². The Hall–Kier alpha value is -2.43. The monoisotopic (exact) mass is 264 g/mol. The van der Waals surface area contributed by atoms with Crippen LogP contribution in [0.2, 0.25) is 0 Å². The largest absolute Gasteiger partial charge is 0.364 e. The van der Waals surface area contributed by atoms with Crippen molar-refractivity contribution in [2.75, 3.05) is 5.32 Å². The second-order valence-corrected chi connectivity index (χ2v) is 5.12. The van der Waals surface area contributed by atoms with Crippen molar-refractivity contribution in [3.8, 4) is 0 Å². The van der Waals surface area contributed by atoms with Gasteiger partial charge in [-0.25, -0.2) is 15.0 Å². The summed E-state index contributed by atoms with van der Waals surface area (Å²) in [6.07, 6.45) is 11.1. The molecule has 3 aromatic rings. The van der Waals surface area contributed by atoms with Gasteiger partial charge in [0.2, 0.25) is 0 Å². The Balaban J connectivity index is 1.54. The Labute approximate surface area is 116 Å². The molecule has 1 fully saturated rings. The van der Waals surface area contributed by atoms with Crippen LogP contribution in [0.3, 0.4) is 0 Å². The highest BCUT2D eigenvalue weighted by Crippen LogP contribution is 2.39. The first-order chi connectivity index (χ1) is 9.88. The van der Waals surface area contributed by atoms with Gasteiger partial charge in [-0.1, -0.05) is 6.07 Å². The molecule has 0 aliphatic heterocycles. The highest BCUT2D eigenvalue weighted by molar-refractivity contribution is 5.43. The third-order valence-electron chi connectivity index (χ3n) is 3.55. The molecule has 99 valence electrons. The van der Waals surface area contributed by atoms with Crippen LogP contribution in [-0.2, 0) is 6.54 Å². The number of hydrogen-bond acceptors (Lipinski definition) is 4. The lowest BCUT2D eigenvalue weighted by Crippen LogP contribution is -2.01. The second-order valence-electron chi connectivity index (χ2n) is 5.12. The number of nitrogens with zero attached hydrogens (tertiary/aromatic N) is 4. The Morgan fingerprint density at radius 2 is 2.25 bits per heavy atom. The van der Waals surface area contributed by atoms with Crippen molar-refractivity contribution in [2.24, 2.45) is 0 Å². The van der Waals surface area contributed by atoms with Crippen LogP contribution in [0.5, 0.6) is 0 Å². The third-order valence-corrected chi connectivity index (χ3v) is 3.55. The lowest BCUT2D eigenvalue weighted by Gasteiger charge is -2.00. The fraction of sp³-hybridized carbons (Fsp3) is 0.267. The molecule has 0 unspecified atom stereocenters. The van der Waals surface area contributed by atoms with Gasteiger partial charge in [0, 0.05) is 18.5 Å². The van der Waals surface area contributed by atoms with E-state index in [-0.39, 0.29) is 0 Å². The minimum absolute atomic E-state index is 0.644. The quantitative estimate of drug-likeness (QED) is 0.786. The van der Waals surface area contributed by atoms with E-state index in [4.69, 9.17) is 0 Å². The van der Waals surface area contributed by atoms with E-state index >= 15 is 0 Å². The predicted octanol–water partition coefficient (Wildman–Crippen LogP) is 2.41. The van der Waals surface area contributed by atoms with Gasteiger partial charge in [0.1, 0.15) is 17.8 Å². The van der Waals surface area contributed by atoms with Crippen molar-refractivity contribution in [1.29, 1.82) is 0 Å². The molecule has 1 aliphatic rings. The summed E-state index contributed by atoms with van der Waals surface area (Å²) < 4.78 is 2.11. The summed E-state index contributed by atoms with van der Waals surface area (Å²) in [4.78, 5) is 12.5. The molecule has 3 heterocycles. The van der Waals surface area contributed by atoms with Crippen molar-refractivity contribution >= 4 is 11.5 Å². The zero-order valence-corrected chi connectivity index (χ0v) is 11.0. The average Bonchev–Trinajstić information content (AvgIpc) is 3.26. The summed E-state index contributed by atoms with van der Waals surface area (Å²) >= 11 is 0. The molecular formula is C15H14N5. The molecule has 20 heavy (non-hydrogen) atoms. The maximum absolute atomic E-state index is 4.60. The molecular weight excluding hydrogens is 250 g/mol. The molecule has 1 saturated carbocycles. The lowest BCUT2D eigenvalue weighted by molar-refractivity contribution is 1.04. The van der Waals surface area contributed by atoms with Crippen LogP contribution >= 0.6 is 0 Å². The lowest BCUT2D eigenvalue weighted by atomic mass is 10.2. The zero-order valence-electron chi connectivity index (χ0n) is 11.0. The summed E-state index contributed by atoms with van der Waals surface area (Å²) in [5.41, 5.74) is 3.40. The van der Waals surface area contributed by atoms with Gasteiger partial charge in [-0.3, -0.25) is 0 Å². The summed E-state index contributed by atoms with van der Waals surface area (Å²) in [5, 5.41) is 3.21. The van der Waals surface area contributed by atoms with Crippen LogP contribution in [0.1, 0.15) is 30.0 Å². The maximum atomic E-state index is 4.60. The summed E-state index contributed by atoms with van der Waals surface area (Å²) in [7, 11) is 0. The fourth-order valence-corrected chi connectivity index (χ4v) is 2.34. The maximum Gasteiger partial charge on any atom is 0.137 e. The number of nitrogens with one attached hydrogen (secondary N) is 1. The van der Waals surface area contributed by atoms with E-state index in [0.29, 0.717) is 6.54 Å². The van der Waals surface area contributed by atoms with E-state index in [9.17, 15) is 0 Å². The molecule has 1 aliphatic carbocycles. The van der Waals surface area contributed by atoms with E-state index in [1.54, 1.807) is 6.07 Å². The molecule has 1 N–H and O–H groups in total. The number of rotatable bonds is 4. The van der Waals surface area contributed by atoms with Gasteiger partial charge in [0.15, 0.2) is 0 Å². The van der Waals surface area contributed by atoms with E-state index < -0.39 is 0 Å². The average molecular weight is 264 g/mol. The number of pyridine rings is 1. The highest BCUT2D eigenvalue weighted by Gasteiger charge is 2.23. The minimum Gasteiger partial charge on any atom is -0.364 e. The highest BCUT2D eigenvalue weighted by atomic mass is 15.0. The van der Waals surface area contributed by atoms with Crippen LogP contribution in [0.25, 0.3) is 5.65 Å². The summed E-state index contributed by atoms with van der Waals surface area (Å²) in [6.45, 7) is 0.644. The third kappa shape index (κ3) is 2.22. The molecule has 3 aromatic heterocycles. The fourth-order valence-electron chi connectivity index (χ4n) is 2.34. The van der Waals surface area contributed by atoms with Gasteiger partial charge >= 0.3 is 0 Å². The van der Waals surface area contributed by atoms with E-state index in [1.165, 1.54) is 24.7 Å². The first kappa shape index (κ1) is 11.4. The number of aromatic nitrogens is 4. The Bertz CT molecular complexity index is 730. The number of imidazole rings is 1. The first-order valence-corrected chi connectivity index (χ1v) is 6.78. The smallest absolute Gasteiger partial charge is 0.137 e. The van der Waals surface area contributed by atoms with Crippen LogP contribution in [0, 0.1) is 6.20 Å². The number of hydrogen-bond donors (Lipinski definition) is 1. The van der Waals surface area contributed by atoms with Crippen molar-refractivity contribution in [3.63, 3.8) is 0 Å². The van der Waals surface area contributed by atoms with E-state index in [1.807, 2.05) is 0 Å². The molecule has 1 radical (unpaired) electrons. The molecule has 0 bridgehead atoms. The predicted molar refractivity (Wildman–Crippen MR) is 75.4 cm³/mol. The Morgan fingerprint density at radius 1 is 1.30 bits per heavy atom. The molecule has 5 heteroatoms. The second kappa shape index (κ2) is 4.59. The first-order valence-electron chi connectivity index (χ1n) is 6.78. The van der Waals surface area contributed by atoms with Gasteiger partial charge in [-0.2, -0.15) is 0 Å². The van der Waals surface area contributed by atoms with Crippen molar-refractivity contribution in [2.45, 2.75) is 25.3 Å². The molecule has 0 atom stereocenters. The molecule has 0 saturated heterocycles. The molecule has 0 aromatic carbocycles. The van der Waals surface area contributed by atoms with Gasteiger partial charge < -0.3 is 9.72 Å². The Kier molecular flexibility index (Phi) is 2.62. The summed E-state index contributed by atoms with van der Waals surface area (Å²) in [6, 6.07) is 6.01. The molecule has 5 nitrogen and oxygen atoms in total. The standard InChI is InChI=1S/C15H14N5/c1-2-11(1)12-3-4-15-19-13(9-20(15)8-12)7-17-14-5-6-16-10-18-14/h3-5,8-11H,1-2,7H2,(H,16,17,18). The van der Waals surface area contributed by atoms with Crippen LogP contribution in [0.15, 0.2) is 36.9 Å². The molecule has 4 rings (SSSR count). The number of fused-ring (bicyclic) bond motifs is 1. The van der Waals surface area contributed by atoms with Crippen LogP contribution in [-0.4, -0.2) is 19.4 Å². The summed E-state index contributed by atoms with van der Waals surface area (Å²) in [5.74, 6) is 1.52. The normalized spacial score (nSPS) is 14.6. The van der Waals surface area contributed by atoms with Gasteiger partial charge in [-0.05, 0) is 30.4 Å². The van der Waals surface area contributed by atoms with Gasteiger partial charge in [0.25, 0.3) is 0 Å². The van der Waals surface area contributed by atoms with Crippen molar-refractivity contribution in [3.05, 3.63) is 54.4 Å².